The van der Waals surface area contributed by atoms with E-state index in [4.69, 9.17) is 0 Å². The van der Waals surface area contributed by atoms with E-state index in [1.165, 1.54) is 0 Å². The van der Waals surface area contributed by atoms with Crippen molar-refractivity contribution in [2.75, 3.05) is 26.2 Å². The third-order valence-corrected chi connectivity index (χ3v) is 5.06. The standard InChI is InChI=1S/C18H20F4N2O/c19-15-3-1-12(16(9-15)18(20,21)22)2-4-17(25)24-7-5-13-10-23-11-14(13)6-8-24/h1-4,9,13-14,23H,5-8,10-11H2/t13-,14+. The van der Waals surface area contributed by atoms with Crippen LogP contribution in [-0.2, 0) is 11.0 Å². The second-order valence-corrected chi connectivity index (χ2v) is 6.64. The summed E-state index contributed by atoms with van der Waals surface area (Å²) in [5.74, 6) is -0.125. The van der Waals surface area contributed by atoms with Crippen LogP contribution in [0.15, 0.2) is 24.3 Å². The second-order valence-electron chi connectivity index (χ2n) is 6.64. The Balaban J connectivity index is 1.71. The van der Waals surface area contributed by atoms with Crippen LogP contribution in [0.1, 0.15) is 24.0 Å². The molecule has 0 radical (unpaired) electrons. The zero-order valence-corrected chi connectivity index (χ0v) is 13.7. The van der Waals surface area contributed by atoms with E-state index in [0.717, 1.165) is 50.2 Å². The molecule has 136 valence electrons. The first-order valence-corrected chi connectivity index (χ1v) is 8.39. The van der Waals surface area contributed by atoms with Gasteiger partial charge in [0.05, 0.1) is 5.56 Å². The number of carbonyl (C=O) groups excluding carboxylic acids is 1. The van der Waals surface area contributed by atoms with Gasteiger partial charge in [-0.2, -0.15) is 13.2 Å². The number of carbonyl (C=O) groups is 1. The van der Waals surface area contributed by atoms with E-state index in [1.54, 1.807) is 4.90 Å². The number of halogens is 4. The van der Waals surface area contributed by atoms with Gasteiger partial charge in [0.15, 0.2) is 0 Å². The normalized spacial score (nSPS) is 24.4. The Labute approximate surface area is 143 Å². The molecule has 2 aliphatic rings. The summed E-state index contributed by atoms with van der Waals surface area (Å²) in [6.45, 7) is 3.16. The van der Waals surface area contributed by atoms with E-state index in [0.29, 0.717) is 31.0 Å². The average Bonchev–Trinajstić information content (AvgIpc) is 2.91. The maximum Gasteiger partial charge on any atom is 0.417 e. The number of benzene rings is 1. The molecule has 0 bridgehead atoms. The molecule has 2 atom stereocenters. The van der Waals surface area contributed by atoms with Crippen LogP contribution in [0.5, 0.6) is 0 Å². The lowest BCUT2D eigenvalue weighted by Crippen LogP contribution is -2.31. The fourth-order valence-electron chi connectivity index (χ4n) is 3.62. The van der Waals surface area contributed by atoms with E-state index in [9.17, 15) is 22.4 Å². The first-order chi connectivity index (χ1) is 11.8. The van der Waals surface area contributed by atoms with Gasteiger partial charge in [0.25, 0.3) is 0 Å². The molecule has 3 rings (SSSR count). The second kappa shape index (κ2) is 7.15. The third-order valence-electron chi connectivity index (χ3n) is 5.06. The monoisotopic (exact) mass is 356 g/mol. The molecule has 1 aromatic rings. The van der Waals surface area contributed by atoms with Gasteiger partial charge in [0.1, 0.15) is 5.82 Å². The van der Waals surface area contributed by atoms with Crippen molar-refractivity contribution < 1.29 is 22.4 Å². The maximum atomic E-state index is 13.1. The molecule has 25 heavy (non-hydrogen) atoms. The summed E-state index contributed by atoms with van der Waals surface area (Å²) < 4.78 is 52.1. The average molecular weight is 356 g/mol. The largest absolute Gasteiger partial charge is 0.417 e. The quantitative estimate of drug-likeness (QED) is 0.651. The zero-order valence-electron chi connectivity index (χ0n) is 13.7. The van der Waals surface area contributed by atoms with Gasteiger partial charge in [0, 0.05) is 19.2 Å². The fraction of sp³-hybridized carbons (Fsp3) is 0.500. The van der Waals surface area contributed by atoms with Crippen LogP contribution in [0.25, 0.3) is 6.08 Å². The molecule has 1 N–H and O–H groups in total. The molecule has 3 nitrogen and oxygen atoms in total. The van der Waals surface area contributed by atoms with Crippen LogP contribution in [0.4, 0.5) is 17.6 Å². The number of rotatable bonds is 2. The van der Waals surface area contributed by atoms with Gasteiger partial charge in [-0.3, -0.25) is 4.79 Å². The lowest BCUT2D eigenvalue weighted by Gasteiger charge is -2.19. The highest BCUT2D eigenvalue weighted by molar-refractivity contribution is 5.92. The Kier molecular flexibility index (Phi) is 5.13. The lowest BCUT2D eigenvalue weighted by atomic mass is 9.92. The SMILES string of the molecule is O=C(C=Cc1ccc(F)cc1C(F)(F)F)N1CC[C@@H]2CNC[C@@H]2CC1. The first kappa shape index (κ1) is 17.9. The topological polar surface area (TPSA) is 32.3 Å². The zero-order chi connectivity index (χ0) is 18.0. The summed E-state index contributed by atoms with van der Waals surface area (Å²) in [5, 5.41) is 3.35. The number of hydrogen-bond acceptors (Lipinski definition) is 2. The van der Waals surface area contributed by atoms with Crippen molar-refractivity contribution in [3.05, 3.63) is 41.2 Å². The van der Waals surface area contributed by atoms with Crippen LogP contribution in [-0.4, -0.2) is 37.0 Å². The lowest BCUT2D eigenvalue weighted by molar-refractivity contribution is -0.138. The smallest absolute Gasteiger partial charge is 0.339 e. The van der Waals surface area contributed by atoms with Gasteiger partial charge in [-0.15, -0.1) is 0 Å². The summed E-state index contributed by atoms with van der Waals surface area (Å²) in [7, 11) is 0. The molecule has 2 saturated heterocycles. The highest BCUT2D eigenvalue weighted by Gasteiger charge is 2.33. The number of nitrogens with zero attached hydrogens (tertiary/aromatic N) is 1. The van der Waals surface area contributed by atoms with Gasteiger partial charge in [-0.25, -0.2) is 4.39 Å². The fourth-order valence-corrected chi connectivity index (χ4v) is 3.62. The number of amides is 1. The van der Waals surface area contributed by atoms with Crippen LogP contribution in [0, 0.1) is 17.7 Å². The third kappa shape index (κ3) is 4.21. The van der Waals surface area contributed by atoms with Crippen molar-refractivity contribution >= 4 is 12.0 Å². The number of alkyl halides is 3. The number of nitrogens with one attached hydrogen (secondary N) is 1. The van der Waals surface area contributed by atoms with Crippen molar-refractivity contribution in [3.8, 4) is 0 Å². The Bertz CT molecular complexity index is 658. The summed E-state index contributed by atoms with van der Waals surface area (Å²) in [5.41, 5.74) is -1.29. The molecule has 0 unspecified atom stereocenters. The highest BCUT2D eigenvalue weighted by Crippen LogP contribution is 2.33. The van der Waals surface area contributed by atoms with Crippen LogP contribution < -0.4 is 5.32 Å². The number of fused-ring (bicyclic) bond motifs is 1. The van der Waals surface area contributed by atoms with E-state index in [1.807, 2.05) is 0 Å². The molecule has 7 heteroatoms. The van der Waals surface area contributed by atoms with Crippen molar-refractivity contribution in [3.63, 3.8) is 0 Å². The minimum atomic E-state index is -4.67. The molecule has 0 aliphatic carbocycles. The molecule has 0 saturated carbocycles. The molecule has 2 heterocycles. The van der Waals surface area contributed by atoms with Gasteiger partial charge in [-0.05, 0) is 61.5 Å². The van der Waals surface area contributed by atoms with Crippen molar-refractivity contribution in [1.29, 1.82) is 0 Å². The van der Waals surface area contributed by atoms with E-state index < -0.39 is 17.6 Å². The van der Waals surface area contributed by atoms with Crippen LogP contribution >= 0.6 is 0 Å². The minimum absolute atomic E-state index is 0.210. The molecule has 1 amide bonds. The number of hydrogen-bond donors (Lipinski definition) is 1. The van der Waals surface area contributed by atoms with Gasteiger partial charge >= 0.3 is 6.18 Å². The Morgan fingerprint density at radius 2 is 1.80 bits per heavy atom. The predicted molar refractivity (Wildman–Crippen MR) is 86.1 cm³/mol. The summed E-state index contributed by atoms with van der Waals surface area (Å²) in [6.07, 6.45) is -0.583. The maximum absolute atomic E-state index is 13.1. The first-order valence-electron chi connectivity index (χ1n) is 8.39. The Hall–Kier alpha value is -1.89. The Morgan fingerprint density at radius 1 is 1.16 bits per heavy atom. The minimum Gasteiger partial charge on any atom is -0.339 e. The molecular weight excluding hydrogens is 336 g/mol. The van der Waals surface area contributed by atoms with Crippen molar-refractivity contribution in [2.45, 2.75) is 19.0 Å². The summed E-state index contributed by atoms with van der Waals surface area (Å²) in [4.78, 5) is 14.0. The summed E-state index contributed by atoms with van der Waals surface area (Å²) in [6, 6.07) is 2.45. The molecule has 1 aromatic carbocycles. The molecule has 0 aromatic heterocycles. The molecule has 0 spiro atoms. The van der Waals surface area contributed by atoms with Gasteiger partial charge in [0.2, 0.25) is 5.91 Å². The van der Waals surface area contributed by atoms with Crippen molar-refractivity contribution in [2.24, 2.45) is 11.8 Å². The van der Waals surface area contributed by atoms with Crippen LogP contribution in [0.2, 0.25) is 0 Å². The van der Waals surface area contributed by atoms with Gasteiger partial charge < -0.3 is 10.2 Å². The molecular formula is C18H20F4N2O. The van der Waals surface area contributed by atoms with Gasteiger partial charge in [-0.1, -0.05) is 6.07 Å². The van der Waals surface area contributed by atoms with Crippen LogP contribution in [0.3, 0.4) is 0 Å². The highest BCUT2D eigenvalue weighted by atomic mass is 19.4. The van der Waals surface area contributed by atoms with Crippen molar-refractivity contribution in [1.82, 2.24) is 10.2 Å². The van der Waals surface area contributed by atoms with E-state index in [-0.39, 0.29) is 11.5 Å². The van der Waals surface area contributed by atoms with E-state index in [2.05, 4.69) is 5.32 Å². The van der Waals surface area contributed by atoms with E-state index >= 15 is 0 Å². The Morgan fingerprint density at radius 3 is 2.40 bits per heavy atom. The number of likely N-dealkylation sites (tertiary alicyclic amines) is 1. The molecule has 2 aliphatic heterocycles. The predicted octanol–water partition coefficient (Wildman–Crippen LogP) is 3.32. The molecule has 2 fully saturated rings. The summed E-state index contributed by atoms with van der Waals surface area (Å²) >= 11 is 0.